The molecular weight excluding hydrogens is 296 g/mol. The number of hydrogen-bond acceptors (Lipinski definition) is 5. The minimum atomic E-state index is -1.84. The number of hydrogen-bond donors (Lipinski definition) is 2. The molecule has 0 saturated heterocycles. The van der Waals surface area contributed by atoms with Gasteiger partial charge in [0.05, 0.1) is 0 Å². The molecule has 0 aromatic heterocycles. The first-order valence-corrected chi connectivity index (χ1v) is 10.5. The summed E-state index contributed by atoms with van der Waals surface area (Å²) in [5, 5.41) is 24.4. The summed E-state index contributed by atoms with van der Waals surface area (Å²) >= 11 is 0. The molecule has 0 fully saturated rings. The summed E-state index contributed by atoms with van der Waals surface area (Å²) in [6.07, 6.45) is 1.86. The Morgan fingerprint density at radius 1 is 0.909 bits per heavy atom. The zero-order valence-electron chi connectivity index (χ0n) is 15.3. The highest BCUT2D eigenvalue weighted by Gasteiger charge is 2.44. The number of nitrogens with zero attached hydrogens (tertiary/aromatic N) is 2. The molecule has 22 heavy (non-hydrogen) atoms. The topological polar surface area (TPSA) is 74.4 Å². The molecule has 5 nitrogen and oxygen atoms in total. The lowest BCUT2D eigenvalue weighted by Crippen LogP contribution is -2.48. The van der Waals surface area contributed by atoms with Gasteiger partial charge in [0.25, 0.3) is 0 Å². The molecule has 6 heteroatoms. The van der Waals surface area contributed by atoms with Gasteiger partial charge in [0, 0.05) is 6.61 Å². The molecule has 0 rings (SSSR count). The van der Waals surface area contributed by atoms with E-state index in [1.807, 2.05) is 6.92 Å². The smallest absolute Gasteiger partial charge is 0.200 e. The van der Waals surface area contributed by atoms with E-state index < -0.39 is 8.32 Å². The lowest BCUT2D eigenvalue weighted by atomic mass is 10.1. The third-order valence-corrected chi connectivity index (χ3v) is 10.6. The van der Waals surface area contributed by atoms with Crippen molar-refractivity contribution in [3.63, 3.8) is 0 Å². The summed E-state index contributed by atoms with van der Waals surface area (Å²) in [7, 11) is -1.84. The quantitative estimate of drug-likeness (QED) is 0.194. The molecule has 0 aliphatic rings. The molecule has 0 aromatic rings. The maximum Gasteiger partial charge on any atom is 0.200 e. The van der Waals surface area contributed by atoms with Gasteiger partial charge in [0.15, 0.2) is 8.32 Å². The summed E-state index contributed by atoms with van der Waals surface area (Å²) in [5.41, 5.74) is 2.55. The molecule has 0 amide bonds. The largest absolute Gasteiger partial charge is 0.416 e. The average Bonchev–Trinajstić information content (AvgIpc) is 2.44. The van der Waals surface area contributed by atoms with Crippen LogP contribution in [0.15, 0.2) is 10.3 Å². The van der Waals surface area contributed by atoms with Crippen molar-refractivity contribution in [1.82, 2.24) is 0 Å². The minimum absolute atomic E-state index is 0.433. The van der Waals surface area contributed by atoms with Gasteiger partial charge >= 0.3 is 0 Å². The maximum absolute atomic E-state index is 9.05. The maximum atomic E-state index is 9.05. The van der Waals surface area contributed by atoms with Gasteiger partial charge in [0.1, 0.15) is 11.4 Å². The van der Waals surface area contributed by atoms with Crippen LogP contribution < -0.4 is 0 Å². The molecule has 130 valence electrons. The highest BCUT2D eigenvalue weighted by molar-refractivity contribution is 6.77. The molecule has 2 N–H and O–H groups in total. The van der Waals surface area contributed by atoms with E-state index in [1.165, 1.54) is 0 Å². The van der Waals surface area contributed by atoms with E-state index in [0.717, 1.165) is 6.42 Å². The predicted octanol–water partition coefficient (Wildman–Crippen LogP) is 5.03. The van der Waals surface area contributed by atoms with Crippen molar-refractivity contribution >= 4 is 19.7 Å². The Bertz CT molecular complexity index is 358. The second kappa shape index (κ2) is 10.00. The summed E-state index contributed by atoms with van der Waals surface area (Å²) in [4.78, 5) is 0. The van der Waals surface area contributed by atoms with Crippen LogP contribution in [0.5, 0.6) is 0 Å². The standard InChI is InChI=1S/C16H34N2O3Si/c1-8-15(17-19)16(18-20)10-9-11-21-22(12(2)3,13(4)5)14(6)7/h12-14,19-20H,8-11H2,1-7H3/b17-15+,18-16+. The Hall–Kier alpha value is -0.883. The van der Waals surface area contributed by atoms with Gasteiger partial charge in [0.2, 0.25) is 0 Å². The van der Waals surface area contributed by atoms with Crippen LogP contribution in [0.1, 0.15) is 67.7 Å². The molecule has 0 aliphatic heterocycles. The van der Waals surface area contributed by atoms with Crippen molar-refractivity contribution in [3.05, 3.63) is 0 Å². The fraction of sp³-hybridized carbons (Fsp3) is 0.875. The molecule has 0 bridgehead atoms. The van der Waals surface area contributed by atoms with E-state index in [1.54, 1.807) is 0 Å². The van der Waals surface area contributed by atoms with Gasteiger partial charge in [-0.25, -0.2) is 0 Å². The fourth-order valence-corrected chi connectivity index (χ4v) is 9.07. The van der Waals surface area contributed by atoms with Crippen LogP contribution in [0.25, 0.3) is 0 Å². The molecule has 0 atom stereocenters. The third-order valence-electron chi connectivity index (χ3n) is 4.53. The van der Waals surface area contributed by atoms with E-state index in [-0.39, 0.29) is 0 Å². The monoisotopic (exact) mass is 330 g/mol. The molecule has 0 spiro atoms. The van der Waals surface area contributed by atoms with E-state index in [0.29, 0.717) is 47.5 Å². The van der Waals surface area contributed by atoms with Crippen LogP contribution in [0.4, 0.5) is 0 Å². The van der Waals surface area contributed by atoms with Crippen molar-refractivity contribution in [3.8, 4) is 0 Å². The van der Waals surface area contributed by atoms with Crippen LogP contribution in [0, 0.1) is 0 Å². The summed E-state index contributed by atoms with van der Waals surface area (Å²) in [6, 6.07) is 0. The lowest BCUT2D eigenvalue weighted by molar-refractivity contribution is 0.273. The molecule has 0 unspecified atom stereocenters. The van der Waals surface area contributed by atoms with Crippen molar-refractivity contribution in [1.29, 1.82) is 0 Å². The van der Waals surface area contributed by atoms with E-state index >= 15 is 0 Å². The Balaban J connectivity index is 4.72. The Labute approximate surface area is 136 Å². The lowest BCUT2D eigenvalue weighted by Gasteiger charge is -2.42. The summed E-state index contributed by atoms with van der Waals surface area (Å²) in [5.74, 6) is 0. The van der Waals surface area contributed by atoms with Crippen molar-refractivity contribution in [2.45, 2.75) is 84.4 Å². The molecule has 0 saturated carbocycles. The molecule has 0 radical (unpaired) electrons. The van der Waals surface area contributed by atoms with Gasteiger partial charge in [-0.3, -0.25) is 0 Å². The van der Waals surface area contributed by atoms with Gasteiger partial charge < -0.3 is 14.8 Å². The zero-order chi connectivity index (χ0) is 17.3. The first kappa shape index (κ1) is 21.1. The number of oxime groups is 2. The molecule has 0 heterocycles. The second-order valence-electron chi connectivity index (χ2n) is 6.72. The Morgan fingerprint density at radius 2 is 1.36 bits per heavy atom. The van der Waals surface area contributed by atoms with E-state index in [4.69, 9.17) is 14.8 Å². The SMILES string of the molecule is CCC(=N\O)/C(CCCO[Si](C(C)C)(C(C)C)C(C)C)=N/O. The molecular formula is C16H34N2O3Si. The average molecular weight is 331 g/mol. The second-order valence-corrected chi connectivity index (χ2v) is 12.2. The van der Waals surface area contributed by atoms with Crippen molar-refractivity contribution in [2.75, 3.05) is 6.61 Å². The summed E-state index contributed by atoms with van der Waals surface area (Å²) < 4.78 is 6.46. The van der Waals surface area contributed by atoms with Crippen LogP contribution in [-0.4, -0.2) is 36.8 Å². The molecule has 0 aliphatic carbocycles. The van der Waals surface area contributed by atoms with Gasteiger partial charge in [-0.15, -0.1) is 0 Å². The van der Waals surface area contributed by atoms with Crippen LogP contribution in [0.2, 0.25) is 16.6 Å². The highest BCUT2D eigenvalue weighted by Crippen LogP contribution is 2.42. The van der Waals surface area contributed by atoms with E-state index in [9.17, 15) is 0 Å². The minimum Gasteiger partial charge on any atom is -0.416 e. The zero-order valence-corrected chi connectivity index (χ0v) is 16.3. The fourth-order valence-electron chi connectivity index (χ4n) is 3.57. The van der Waals surface area contributed by atoms with Crippen LogP contribution in [0.3, 0.4) is 0 Å². The van der Waals surface area contributed by atoms with Gasteiger partial charge in [-0.1, -0.05) is 58.8 Å². The van der Waals surface area contributed by atoms with Crippen molar-refractivity contribution in [2.24, 2.45) is 10.3 Å². The third kappa shape index (κ3) is 5.09. The highest BCUT2D eigenvalue weighted by atomic mass is 28.4. The normalized spacial score (nSPS) is 14.5. The van der Waals surface area contributed by atoms with Crippen LogP contribution in [-0.2, 0) is 4.43 Å². The Morgan fingerprint density at radius 3 is 1.68 bits per heavy atom. The summed E-state index contributed by atoms with van der Waals surface area (Å²) in [6.45, 7) is 16.1. The van der Waals surface area contributed by atoms with Crippen molar-refractivity contribution < 1.29 is 14.8 Å². The first-order valence-electron chi connectivity index (χ1n) is 8.33. The van der Waals surface area contributed by atoms with Crippen LogP contribution >= 0.6 is 0 Å². The van der Waals surface area contributed by atoms with E-state index in [2.05, 4.69) is 51.9 Å². The predicted molar refractivity (Wildman–Crippen MR) is 95.0 cm³/mol. The molecule has 0 aromatic carbocycles. The van der Waals surface area contributed by atoms with Gasteiger partial charge in [-0.2, -0.15) is 0 Å². The Kier molecular flexibility index (Phi) is 9.60. The van der Waals surface area contributed by atoms with Gasteiger partial charge in [-0.05, 0) is 35.9 Å². The first-order chi connectivity index (χ1) is 10.3. The number of rotatable bonds is 10.